The highest BCUT2D eigenvalue weighted by atomic mass is 16.3. The van der Waals surface area contributed by atoms with Crippen molar-refractivity contribution in [1.82, 2.24) is 14.7 Å². The third-order valence-electron chi connectivity index (χ3n) is 7.71. The Kier molecular flexibility index (Phi) is 6.67. The molecule has 2 aliphatic heterocycles. The van der Waals surface area contributed by atoms with Gasteiger partial charge in [-0.25, -0.2) is 0 Å². The fraction of sp³-hybridized carbons (Fsp3) is 0.536. The van der Waals surface area contributed by atoms with Crippen molar-refractivity contribution in [2.45, 2.75) is 71.1 Å². The number of hydrogen-bond acceptors (Lipinski definition) is 4. The van der Waals surface area contributed by atoms with Crippen molar-refractivity contribution in [3.8, 4) is 0 Å². The highest BCUT2D eigenvalue weighted by molar-refractivity contribution is 6.01. The van der Waals surface area contributed by atoms with E-state index in [0.717, 1.165) is 18.4 Å². The van der Waals surface area contributed by atoms with E-state index in [0.29, 0.717) is 37.5 Å². The van der Waals surface area contributed by atoms with Crippen LogP contribution in [0.25, 0.3) is 0 Å². The highest BCUT2D eigenvalue weighted by Gasteiger charge is 2.49. The average molecular weight is 478 g/mol. The zero-order chi connectivity index (χ0) is 24.5. The third kappa shape index (κ3) is 4.60. The van der Waals surface area contributed by atoms with Crippen molar-refractivity contribution in [2.75, 3.05) is 13.1 Å². The molecule has 1 aromatic heterocycles. The van der Waals surface area contributed by atoms with Gasteiger partial charge < -0.3 is 19.1 Å². The molecule has 7 nitrogen and oxygen atoms in total. The second-order valence-electron chi connectivity index (χ2n) is 10.7. The monoisotopic (exact) mass is 477 g/mol. The Morgan fingerprint density at radius 1 is 1.06 bits per heavy atom. The maximum absolute atomic E-state index is 14.0. The molecule has 1 aliphatic carbocycles. The second kappa shape index (κ2) is 9.88. The van der Waals surface area contributed by atoms with Crippen LogP contribution in [-0.2, 0) is 11.3 Å². The number of fused-ring (bicyclic) bond motifs is 2. The summed E-state index contributed by atoms with van der Waals surface area (Å²) in [5.41, 5.74) is 1.36. The lowest BCUT2D eigenvalue weighted by atomic mass is 9.88. The SMILES string of the molecule is CC(C)C[C@H]1C(=O)N(CC2CCCCC2)CC2N(C(=O)c3ccco3)Cc3ccccc3C(=O)N21. The van der Waals surface area contributed by atoms with E-state index in [9.17, 15) is 14.4 Å². The fourth-order valence-electron chi connectivity index (χ4n) is 5.99. The van der Waals surface area contributed by atoms with E-state index in [1.54, 1.807) is 28.0 Å². The van der Waals surface area contributed by atoms with Gasteiger partial charge in [0.2, 0.25) is 5.91 Å². The van der Waals surface area contributed by atoms with Gasteiger partial charge in [-0.15, -0.1) is 0 Å². The van der Waals surface area contributed by atoms with Crippen LogP contribution in [0.4, 0.5) is 0 Å². The van der Waals surface area contributed by atoms with E-state index in [2.05, 4.69) is 13.8 Å². The van der Waals surface area contributed by atoms with E-state index in [1.165, 1.54) is 25.5 Å². The van der Waals surface area contributed by atoms with E-state index in [-0.39, 0.29) is 29.4 Å². The van der Waals surface area contributed by atoms with Gasteiger partial charge in [0.25, 0.3) is 11.8 Å². The lowest BCUT2D eigenvalue weighted by molar-refractivity contribution is -0.149. The molecular formula is C28H35N3O4. The first-order valence-electron chi connectivity index (χ1n) is 13.0. The highest BCUT2D eigenvalue weighted by Crippen LogP contribution is 2.34. The lowest BCUT2D eigenvalue weighted by Crippen LogP contribution is -2.68. The summed E-state index contributed by atoms with van der Waals surface area (Å²) in [6, 6.07) is 10.2. The standard InChI is InChI=1S/C28H35N3O4/c1-19(2)15-23-27(33)29(16-20-9-4-3-5-10-20)18-25-30(28(34)24-13-8-14-35-24)17-21-11-6-7-12-22(21)26(32)31(23)25/h6-8,11-14,19-20,23,25H,3-5,9-10,15-18H2,1-2H3/t23-,25?/m0/s1. The molecule has 0 spiro atoms. The van der Waals surface area contributed by atoms with E-state index in [1.807, 2.05) is 23.1 Å². The van der Waals surface area contributed by atoms with Crippen molar-refractivity contribution >= 4 is 17.7 Å². The molecule has 1 unspecified atom stereocenters. The van der Waals surface area contributed by atoms with E-state index < -0.39 is 12.2 Å². The zero-order valence-electron chi connectivity index (χ0n) is 20.7. The Hall–Kier alpha value is -3.09. The summed E-state index contributed by atoms with van der Waals surface area (Å²) in [5, 5.41) is 0. The predicted octanol–water partition coefficient (Wildman–Crippen LogP) is 4.54. The third-order valence-corrected chi connectivity index (χ3v) is 7.71. The maximum atomic E-state index is 14.0. The van der Waals surface area contributed by atoms with Gasteiger partial charge in [-0.05, 0) is 54.9 Å². The molecule has 0 radical (unpaired) electrons. The summed E-state index contributed by atoms with van der Waals surface area (Å²) < 4.78 is 5.47. The molecule has 3 heterocycles. The van der Waals surface area contributed by atoms with Gasteiger partial charge in [0.05, 0.1) is 12.8 Å². The Labute approximate surface area is 207 Å². The number of amides is 3. The Morgan fingerprint density at radius 2 is 1.83 bits per heavy atom. The molecule has 3 amide bonds. The molecule has 0 bridgehead atoms. The summed E-state index contributed by atoms with van der Waals surface area (Å²) >= 11 is 0. The number of nitrogens with zero attached hydrogens (tertiary/aromatic N) is 3. The summed E-state index contributed by atoms with van der Waals surface area (Å²) in [7, 11) is 0. The van der Waals surface area contributed by atoms with Gasteiger partial charge in [-0.3, -0.25) is 14.4 Å². The minimum atomic E-state index is -0.595. The van der Waals surface area contributed by atoms with Crippen LogP contribution in [0.5, 0.6) is 0 Å². The first-order chi connectivity index (χ1) is 16.9. The van der Waals surface area contributed by atoms with E-state index >= 15 is 0 Å². The van der Waals surface area contributed by atoms with Crippen molar-refractivity contribution in [3.63, 3.8) is 0 Å². The molecule has 0 N–H and O–H groups in total. The fourth-order valence-corrected chi connectivity index (χ4v) is 5.99. The van der Waals surface area contributed by atoms with Gasteiger partial charge in [0.15, 0.2) is 5.76 Å². The Balaban J connectivity index is 1.56. The van der Waals surface area contributed by atoms with Crippen LogP contribution in [0.1, 0.15) is 78.8 Å². The molecule has 2 fully saturated rings. The van der Waals surface area contributed by atoms with Crippen molar-refractivity contribution in [2.24, 2.45) is 11.8 Å². The molecule has 3 aliphatic rings. The number of rotatable bonds is 5. The molecule has 186 valence electrons. The van der Waals surface area contributed by atoms with Crippen molar-refractivity contribution in [3.05, 3.63) is 59.5 Å². The predicted molar refractivity (Wildman–Crippen MR) is 131 cm³/mol. The van der Waals surface area contributed by atoms with Crippen LogP contribution in [0.3, 0.4) is 0 Å². The average Bonchev–Trinajstić information content (AvgIpc) is 3.36. The normalized spacial score (nSPS) is 23.3. The van der Waals surface area contributed by atoms with Gasteiger partial charge in [-0.1, -0.05) is 51.3 Å². The van der Waals surface area contributed by atoms with Gasteiger partial charge >= 0.3 is 0 Å². The zero-order valence-corrected chi connectivity index (χ0v) is 20.7. The summed E-state index contributed by atoms with van der Waals surface area (Å²) in [6.07, 6.45) is 7.44. The Bertz CT molecular complexity index is 1070. The van der Waals surface area contributed by atoms with Gasteiger partial charge in [0, 0.05) is 18.7 Å². The molecular weight excluding hydrogens is 442 g/mol. The first-order valence-corrected chi connectivity index (χ1v) is 13.0. The van der Waals surface area contributed by atoms with Crippen molar-refractivity contribution in [1.29, 1.82) is 0 Å². The van der Waals surface area contributed by atoms with Gasteiger partial charge in [-0.2, -0.15) is 0 Å². The minimum Gasteiger partial charge on any atom is -0.459 e. The maximum Gasteiger partial charge on any atom is 0.291 e. The van der Waals surface area contributed by atoms with E-state index in [4.69, 9.17) is 4.42 Å². The smallest absolute Gasteiger partial charge is 0.291 e. The quantitative estimate of drug-likeness (QED) is 0.634. The molecule has 1 saturated heterocycles. The molecule has 35 heavy (non-hydrogen) atoms. The van der Waals surface area contributed by atoms with Crippen molar-refractivity contribution < 1.29 is 18.8 Å². The first kappa shape index (κ1) is 23.6. The number of benzene rings is 1. The van der Waals surface area contributed by atoms with Gasteiger partial charge in [0.1, 0.15) is 12.2 Å². The number of furan rings is 1. The second-order valence-corrected chi connectivity index (χ2v) is 10.7. The van der Waals surface area contributed by atoms with Crippen LogP contribution >= 0.6 is 0 Å². The number of piperazine rings is 1. The number of hydrogen-bond donors (Lipinski definition) is 0. The summed E-state index contributed by atoms with van der Waals surface area (Å²) in [6.45, 7) is 5.47. The topological polar surface area (TPSA) is 74.1 Å². The molecule has 2 atom stereocenters. The number of carbonyl (C=O) groups excluding carboxylic acids is 3. The van der Waals surface area contributed by atoms with Crippen LogP contribution < -0.4 is 0 Å². The largest absolute Gasteiger partial charge is 0.459 e. The van der Waals surface area contributed by atoms with Crippen LogP contribution in [-0.4, -0.2) is 57.7 Å². The van der Waals surface area contributed by atoms with Crippen LogP contribution in [0.2, 0.25) is 0 Å². The lowest BCUT2D eigenvalue weighted by Gasteiger charge is -2.49. The summed E-state index contributed by atoms with van der Waals surface area (Å²) in [4.78, 5) is 46.9. The summed E-state index contributed by atoms with van der Waals surface area (Å²) in [5.74, 6) is 0.527. The molecule has 7 heteroatoms. The molecule has 1 saturated carbocycles. The number of carbonyl (C=O) groups is 3. The minimum absolute atomic E-state index is 0.0126. The molecule has 2 aromatic rings. The van der Waals surface area contributed by atoms with Crippen LogP contribution in [0, 0.1) is 11.8 Å². The molecule has 5 rings (SSSR count). The van der Waals surface area contributed by atoms with Crippen LogP contribution in [0.15, 0.2) is 47.1 Å². The Morgan fingerprint density at radius 3 is 2.54 bits per heavy atom. The molecule has 1 aromatic carbocycles.